The van der Waals surface area contributed by atoms with Crippen LogP contribution in [0.2, 0.25) is 0 Å². The van der Waals surface area contributed by atoms with E-state index >= 15 is 0 Å². The Bertz CT molecular complexity index is 1830. The van der Waals surface area contributed by atoms with Gasteiger partial charge in [-0.3, -0.25) is 29.4 Å². The van der Waals surface area contributed by atoms with E-state index in [2.05, 4.69) is 77.7 Å². The number of piperidine rings is 2. The van der Waals surface area contributed by atoms with E-state index in [1.807, 2.05) is 30.0 Å². The molecular formula is C37H45BrN8O4. The molecule has 0 aliphatic carbocycles. The van der Waals surface area contributed by atoms with Gasteiger partial charge in [0.25, 0.3) is 11.5 Å². The number of imide groups is 1. The summed E-state index contributed by atoms with van der Waals surface area (Å²) >= 11 is 3.43. The number of likely N-dealkylation sites (N-methyl/N-ethyl adjacent to an activating group) is 1. The average molecular weight is 746 g/mol. The molecule has 4 saturated heterocycles. The zero-order valence-electron chi connectivity index (χ0n) is 28.9. The van der Waals surface area contributed by atoms with E-state index in [-0.39, 0.29) is 35.2 Å². The Labute approximate surface area is 300 Å². The van der Waals surface area contributed by atoms with Crippen LogP contribution in [0.1, 0.15) is 58.1 Å². The lowest BCUT2D eigenvalue weighted by atomic mass is 9.87. The second kappa shape index (κ2) is 14.3. The summed E-state index contributed by atoms with van der Waals surface area (Å²) in [6.45, 7) is 8.86. The summed E-state index contributed by atoms with van der Waals surface area (Å²) in [5.74, 6) is -0.269. The fraction of sp³-hybridized carbons (Fsp3) is 0.486. The maximum Gasteiger partial charge on any atom is 0.282 e. The molecule has 4 aliphatic heterocycles. The third-order valence-electron chi connectivity index (χ3n) is 10.9. The highest BCUT2D eigenvalue weighted by Crippen LogP contribution is 2.33. The van der Waals surface area contributed by atoms with Gasteiger partial charge in [0.2, 0.25) is 11.8 Å². The second-order valence-corrected chi connectivity index (χ2v) is 15.1. The maximum atomic E-state index is 13.5. The van der Waals surface area contributed by atoms with Crippen molar-refractivity contribution < 1.29 is 14.4 Å². The van der Waals surface area contributed by atoms with E-state index in [1.165, 1.54) is 10.2 Å². The Kier molecular flexibility index (Phi) is 9.82. The third-order valence-corrected chi connectivity index (χ3v) is 11.7. The van der Waals surface area contributed by atoms with Crippen LogP contribution in [0.3, 0.4) is 0 Å². The van der Waals surface area contributed by atoms with Gasteiger partial charge in [-0.1, -0.05) is 18.2 Å². The number of carbonyl (C=O) groups excluding carboxylic acids is 3. The van der Waals surface area contributed by atoms with Crippen molar-refractivity contribution in [3.63, 3.8) is 0 Å². The summed E-state index contributed by atoms with van der Waals surface area (Å²) in [5, 5.41) is 10.1. The number of aromatic nitrogens is 2. The van der Waals surface area contributed by atoms with Crippen molar-refractivity contribution >= 4 is 45.0 Å². The predicted molar refractivity (Wildman–Crippen MR) is 196 cm³/mol. The second-order valence-electron chi connectivity index (χ2n) is 14.3. The number of aryl methyl sites for hydroxylation is 2. The molecule has 0 spiro atoms. The monoisotopic (exact) mass is 744 g/mol. The van der Waals surface area contributed by atoms with Crippen molar-refractivity contribution in [3.05, 3.63) is 85.7 Å². The zero-order valence-corrected chi connectivity index (χ0v) is 30.5. The quantitative estimate of drug-likeness (QED) is 0.352. The summed E-state index contributed by atoms with van der Waals surface area (Å²) in [6, 6.07) is 15.1. The number of amides is 3. The molecule has 13 heteroatoms. The Hall–Kier alpha value is -4.07. The molecule has 0 bridgehead atoms. The van der Waals surface area contributed by atoms with Crippen LogP contribution in [-0.4, -0.2) is 114 Å². The molecule has 1 aromatic heterocycles. The van der Waals surface area contributed by atoms with Crippen molar-refractivity contribution in [3.8, 4) is 0 Å². The van der Waals surface area contributed by atoms with Gasteiger partial charge >= 0.3 is 0 Å². The minimum atomic E-state index is -0.266. The molecule has 12 nitrogen and oxygen atoms in total. The van der Waals surface area contributed by atoms with Crippen LogP contribution in [0.25, 0.3) is 0 Å². The summed E-state index contributed by atoms with van der Waals surface area (Å²) in [6.07, 6.45) is 3.54. The van der Waals surface area contributed by atoms with Crippen molar-refractivity contribution in [1.82, 2.24) is 29.8 Å². The van der Waals surface area contributed by atoms with Gasteiger partial charge in [0.05, 0.1) is 17.8 Å². The fourth-order valence-electron chi connectivity index (χ4n) is 8.00. The third kappa shape index (κ3) is 7.08. The SMILES string of the molecule is Cc1cc(N2CC(N3CCN(C(=O)c4ccc([C@@H]5C[C@H](Nc6cnn(C)c(=O)c6Br)CN(C)C5)cc4)CC3)C2)ccc1C1CCC(=O)NC1=O. The summed E-state index contributed by atoms with van der Waals surface area (Å²) < 4.78 is 1.80. The molecule has 3 aromatic rings. The van der Waals surface area contributed by atoms with Crippen molar-refractivity contribution in [2.45, 2.75) is 50.1 Å². The molecular weight excluding hydrogens is 700 g/mol. The molecule has 0 saturated carbocycles. The van der Waals surface area contributed by atoms with Gasteiger partial charge < -0.3 is 20.0 Å². The average Bonchev–Trinajstić information content (AvgIpc) is 3.08. The smallest absolute Gasteiger partial charge is 0.282 e. The van der Waals surface area contributed by atoms with Gasteiger partial charge in [-0.2, -0.15) is 5.10 Å². The number of rotatable bonds is 7. The molecule has 4 fully saturated rings. The maximum absolute atomic E-state index is 13.5. The van der Waals surface area contributed by atoms with Crippen LogP contribution in [-0.2, 0) is 16.6 Å². The topological polar surface area (TPSA) is 123 Å². The number of nitrogens with zero attached hydrogens (tertiary/aromatic N) is 6. The first-order valence-electron chi connectivity index (χ1n) is 17.5. The first-order chi connectivity index (χ1) is 24.0. The number of benzene rings is 2. The van der Waals surface area contributed by atoms with Crippen LogP contribution in [0.5, 0.6) is 0 Å². The van der Waals surface area contributed by atoms with Crippen LogP contribution < -0.4 is 21.1 Å². The summed E-state index contributed by atoms with van der Waals surface area (Å²) in [4.78, 5) is 58.9. The Morgan fingerprint density at radius 2 is 1.70 bits per heavy atom. The normalized spacial score (nSPS) is 23.8. The molecule has 264 valence electrons. The molecule has 4 aliphatic rings. The number of nitrogens with one attached hydrogen (secondary N) is 2. The minimum Gasteiger partial charge on any atom is -0.379 e. The lowest BCUT2D eigenvalue weighted by molar-refractivity contribution is -0.134. The molecule has 0 radical (unpaired) electrons. The summed E-state index contributed by atoms with van der Waals surface area (Å²) in [7, 11) is 3.75. The van der Waals surface area contributed by atoms with Crippen molar-refractivity contribution in [2.24, 2.45) is 7.05 Å². The lowest BCUT2D eigenvalue weighted by Gasteiger charge is -2.49. The van der Waals surface area contributed by atoms with Crippen LogP contribution >= 0.6 is 15.9 Å². The highest BCUT2D eigenvalue weighted by molar-refractivity contribution is 9.10. The number of piperazine rings is 1. The molecule has 2 aromatic carbocycles. The number of likely N-dealkylation sites (tertiary alicyclic amines) is 1. The van der Waals surface area contributed by atoms with Gasteiger partial charge in [0, 0.05) is 89.2 Å². The predicted octanol–water partition coefficient (Wildman–Crippen LogP) is 2.92. The van der Waals surface area contributed by atoms with Crippen LogP contribution in [0, 0.1) is 6.92 Å². The minimum absolute atomic E-state index is 0.0846. The molecule has 7 rings (SSSR count). The van der Waals surface area contributed by atoms with E-state index in [0.29, 0.717) is 48.1 Å². The van der Waals surface area contributed by atoms with Crippen molar-refractivity contribution in [2.75, 3.05) is 69.6 Å². The van der Waals surface area contributed by atoms with Gasteiger partial charge in [-0.25, -0.2) is 4.68 Å². The Balaban J connectivity index is 0.890. The number of hydrogen-bond donors (Lipinski definition) is 2. The molecule has 50 heavy (non-hydrogen) atoms. The molecule has 5 heterocycles. The number of hydrogen-bond acceptors (Lipinski definition) is 9. The first kappa shape index (κ1) is 34.4. The van der Waals surface area contributed by atoms with Crippen LogP contribution in [0.15, 0.2) is 57.9 Å². The number of halogens is 1. The van der Waals surface area contributed by atoms with E-state index < -0.39 is 0 Å². The van der Waals surface area contributed by atoms with Gasteiger partial charge in [-0.15, -0.1) is 0 Å². The highest BCUT2D eigenvalue weighted by Gasteiger charge is 2.36. The van der Waals surface area contributed by atoms with Crippen molar-refractivity contribution in [1.29, 1.82) is 0 Å². The molecule has 1 unspecified atom stereocenters. The highest BCUT2D eigenvalue weighted by atomic mass is 79.9. The lowest BCUT2D eigenvalue weighted by Crippen LogP contribution is -2.63. The Morgan fingerprint density at radius 3 is 2.40 bits per heavy atom. The summed E-state index contributed by atoms with van der Waals surface area (Å²) in [5.41, 5.74) is 5.71. The van der Waals surface area contributed by atoms with Gasteiger partial charge in [0.15, 0.2) is 0 Å². The van der Waals surface area contributed by atoms with E-state index in [4.69, 9.17) is 0 Å². The van der Waals surface area contributed by atoms with Gasteiger partial charge in [-0.05, 0) is 89.6 Å². The molecule has 3 atom stereocenters. The van der Waals surface area contributed by atoms with Gasteiger partial charge in [0.1, 0.15) is 4.47 Å². The van der Waals surface area contributed by atoms with E-state index in [9.17, 15) is 19.2 Å². The molecule has 2 N–H and O–H groups in total. The molecule has 3 amide bonds. The van der Waals surface area contributed by atoms with Crippen LogP contribution in [0.4, 0.5) is 11.4 Å². The standard InChI is InChI=1S/C37H45BrN8O4/c1-23-16-28(8-9-30(23)31-10-11-33(47)41-35(31)48)46-21-29(22-46)44-12-14-45(15-13-44)36(49)25-6-4-24(5-7-25)26-17-27(20-42(2)19-26)40-32-18-39-43(3)37(50)34(32)38/h4-9,16,18,26-27,29,31,40H,10-15,17,19-22H2,1-3H3,(H,41,47,48)/t26-,27+,31?/m1/s1. The fourth-order valence-corrected chi connectivity index (χ4v) is 8.48. The zero-order chi connectivity index (χ0) is 35.1. The van der Waals surface area contributed by atoms with E-state index in [0.717, 1.165) is 68.1 Å². The first-order valence-corrected chi connectivity index (χ1v) is 18.3. The number of carbonyl (C=O) groups is 3. The number of anilines is 2. The van der Waals surface area contributed by atoms with E-state index in [1.54, 1.807) is 13.2 Å². The largest absolute Gasteiger partial charge is 0.379 e. The Morgan fingerprint density at radius 1 is 0.960 bits per heavy atom.